The van der Waals surface area contributed by atoms with Crippen molar-refractivity contribution in [3.63, 3.8) is 0 Å². The standard InChI is InChI=1S/C17H21N3O/c1-13(20-11-3-2-4-12-20)17(21)19-16-9-5-8-15-14(16)7-6-10-18-15/h5-10,13H,2-4,11-12H2,1H3,(H,19,21). The van der Waals surface area contributed by atoms with Gasteiger partial charge in [0.25, 0.3) is 0 Å². The van der Waals surface area contributed by atoms with Crippen LogP contribution in [0.3, 0.4) is 0 Å². The molecule has 0 aliphatic carbocycles. The minimum absolute atomic E-state index is 0.0632. The number of rotatable bonds is 3. The molecule has 1 N–H and O–H groups in total. The average molecular weight is 283 g/mol. The molecule has 1 unspecified atom stereocenters. The Morgan fingerprint density at radius 1 is 1.19 bits per heavy atom. The monoisotopic (exact) mass is 283 g/mol. The highest BCUT2D eigenvalue weighted by Crippen LogP contribution is 2.22. The predicted octanol–water partition coefficient (Wildman–Crippen LogP) is 3.05. The molecule has 110 valence electrons. The predicted molar refractivity (Wildman–Crippen MR) is 85.3 cm³/mol. The number of nitrogens with zero attached hydrogens (tertiary/aromatic N) is 2. The van der Waals surface area contributed by atoms with Crippen molar-refractivity contribution in [2.45, 2.75) is 32.2 Å². The molecule has 0 spiro atoms. The van der Waals surface area contributed by atoms with E-state index in [0.717, 1.165) is 29.7 Å². The largest absolute Gasteiger partial charge is 0.324 e. The lowest BCUT2D eigenvalue weighted by Gasteiger charge is -2.31. The number of hydrogen-bond acceptors (Lipinski definition) is 3. The maximum atomic E-state index is 12.5. The number of hydrogen-bond donors (Lipinski definition) is 1. The van der Waals surface area contributed by atoms with Gasteiger partial charge in [-0.25, -0.2) is 0 Å². The highest BCUT2D eigenvalue weighted by molar-refractivity contribution is 6.02. The molecule has 1 aliphatic heterocycles. The zero-order chi connectivity index (χ0) is 14.7. The molecule has 0 bridgehead atoms. The molecule has 4 nitrogen and oxygen atoms in total. The molecule has 1 aliphatic rings. The number of anilines is 1. The van der Waals surface area contributed by atoms with Gasteiger partial charge >= 0.3 is 0 Å². The molecule has 1 fully saturated rings. The second-order valence-electron chi connectivity index (χ2n) is 5.64. The van der Waals surface area contributed by atoms with E-state index in [-0.39, 0.29) is 11.9 Å². The lowest BCUT2D eigenvalue weighted by Crippen LogP contribution is -2.44. The third-order valence-corrected chi connectivity index (χ3v) is 4.22. The minimum Gasteiger partial charge on any atom is -0.324 e. The van der Waals surface area contributed by atoms with Gasteiger partial charge in [-0.05, 0) is 57.1 Å². The summed E-state index contributed by atoms with van der Waals surface area (Å²) in [4.78, 5) is 19.1. The number of likely N-dealkylation sites (tertiary alicyclic amines) is 1. The quantitative estimate of drug-likeness (QED) is 0.941. The normalized spacial score (nSPS) is 17.6. The fraction of sp³-hybridized carbons (Fsp3) is 0.412. The first-order chi connectivity index (χ1) is 10.3. The van der Waals surface area contributed by atoms with Crippen LogP contribution < -0.4 is 5.32 Å². The molecule has 1 aromatic heterocycles. The van der Waals surface area contributed by atoms with Crippen LogP contribution in [-0.2, 0) is 4.79 Å². The summed E-state index contributed by atoms with van der Waals surface area (Å²) in [6.07, 6.45) is 5.43. The molecule has 4 heteroatoms. The van der Waals surface area contributed by atoms with Crippen molar-refractivity contribution in [3.8, 4) is 0 Å². The van der Waals surface area contributed by atoms with Crippen LogP contribution in [0.2, 0.25) is 0 Å². The van der Waals surface area contributed by atoms with E-state index in [4.69, 9.17) is 0 Å². The van der Waals surface area contributed by atoms with Crippen LogP contribution in [0, 0.1) is 0 Å². The number of amides is 1. The van der Waals surface area contributed by atoms with Crippen molar-refractivity contribution >= 4 is 22.5 Å². The summed E-state index contributed by atoms with van der Waals surface area (Å²) in [6.45, 7) is 4.03. The topological polar surface area (TPSA) is 45.2 Å². The Hall–Kier alpha value is -1.94. The number of benzene rings is 1. The smallest absolute Gasteiger partial charge is 0.241 e. The number of fused-ring (bicyclic) bond motifs is 1. The fourth-order valence-electron chi connectivity index (χ4n) is 2.92. The van der Waals surface area contributed by atoms with Gasteiger partial charge in [0.1, 0.15) is 0 Å². The molecule has 3 rings (SSSR count). The summed E-state index contributed by atoms with van der Waals surface area (Å²) in [5.41, 5.74) is 1.75. The number of aromatic nitrogens is 1. The van der Waals surface area contributed by atoms with Crippen LogP contribution in [0.5, 0.6) is 0 Å². The van der Waals surface area contributed by atoms with E-state index < -0.39 is 0 Å². The Morgan fingerprint density at radius 2 is 2.00 bits per heavy atom. The molecule has 2 heterocycles. The maximum absolute atomic E-state index is 12.5. The first kappa shape index (κ1) is 14.0. The number of nitrogens with one attached hydrogen (secondary N) is 1. The highest BCUT2D eigenvalue weighted by Gasteiger charge is 2.23. The molecule has 1 aromatic carbocycles. The van der Waals surface area contributed by atoms with Gasteiger partial charge in [0.05, 0.1) is 17.2 Å². The summed E-state index contributed by atoms with van der Waals surface area (Å²) in [5, 5.41) is 4.05. The lowest BCUT2D eigenvalue weighted by molar-refractivity contribution is -0.121. The van der Waals surface area contributed by atoms with Gasteiger partial charge in [-0.3, -0.25) is 14.7 Å². The zero-order valence-corrected chi connectivity index (χ0v) is 12.4. The Kier molecular flexibility index (Phi) is 4.15. The Bertz CT molecular complexity index is 629. The second kappa shape index (κ2) is 6.22. The van der Waals surface area contributed by atoms with Crippen LogP contribution in [0.25, 0.3) is 10.9 Å². The van der Waals surface area contributed by atoms with Crippen molar-refractivity contribution < 1.29 is 4.79 Å². The van der Waals surface area contributed by atoms with Crippen molar-refractivity contribution in [1.29, 1.82) is 0 Å². The number of carbonyl (C=O) groups excluding carboxylic acids is 1. The van der Waals surface area contributed by atoms with Gasteiger partial charge in [-0.1, -0.05) is 12.5 Å². The SMILES string of the molecule is CC(C(=O)Nc1cccc2ncccc12)N1CCCCC1. The van der Waals surface area contributed by atoms with E-state index in [2.05, 4.69) is 15.2 Å². The van der Waals surface area contributed by atoms with Crippen molar-refractivity contribution in [3.05, 3.63) is 36.5 Å². The van der Waals surface area contributed by atoms with E-state index in [0.29, 0.717) is 0 Å². The van der Waals surface area contributed by atoms with Gasteiger partial charge in [0, 0.05) is 11.6 Å². The third-order valence-electron chi connectivity index (χ3n) is 4.22. The van der Waals surface area contributed by atoms with Crippen LogP contribution >= 0.6 is 0 Å². The third kappa shape index (κ3) is 3.05. The fourth-order valence-corrected chi connectivity index (χ4v) is 2.92. The van der Waals surface area contributed by atoms with Crippen LogP contribution in [-0.4, -0.2) is 34.9 Å². The molecule has 1 saturated heterocycles. The lowest BCUT2D eigenvalue weighted by atomic mass is 10.1. The highest BCUT2D eigenvalue weighted by atomic mass is 16.2. The summed E-state index contributed by atoms with van der Waals surface area (Å²) in [6, 6.07) is 9.62. The van der Waals surface area contributed by atoms with E-state index in [9.17, 15) is 4.79 Å². The molecule has 0 saturated carbocycles. The zero-order valence-electron chi connectivity index (χ0n) is 12.4. The van der Waals surface area contributed by atoms with Gasteiger partial charge in [-0.2, -0.15) is 0 Å². The summed E-state index contributed by atoms with van der Waals surface area (Å²) in [5.74, 6) is 0.0632. The maximum Gasteiger partial charge on any atom is 0.241 e. The molecular formula is C17H21N3O. The Labute approximate surface area is 125 Å². The molecule has 2 aromatic rings. The Morgan fingerprint density at radius 3 is 2.81 bits per heavy atom. The minimum atomic E-state index is -0.0859. The second-order valence-corrected chi connectivity index (χ2v) is 5.64. The van der Waals surface area contributed by atoms with Crippen LogP contribution in [0.1, 0.15) is 26.2 Å². The molecule has 1 atom stereocenters. The van der Waals surface area contributed by atoms with E-state index in [1.807, 2.05) is 37.3 Å². The number of piperidine rings is 1. The van der Waals surface area contributed by atoms with E-state index in [1.54, 1.807) is 6.20 Å². The molecule has 1 amide bonds. The van der Waals surface area contributed by atoms with E-state index in [1.165, 1.54) is 19.3 Å². The first-order valence-electron chi connectivity index (χ1n) is 7.64. The van der Waals surface area contributed by atoms with Crippen LogP contribution in [0.4, 0.5) is 5.69 Å². The summed E-state index contributed by atoms with van der Waals surface area (Å²) >= 11 is 0. The van der Waals surface area contributed by atoms with Gasteiger partial charge in [-0.15, -0.1) is 0 Å². The molecule has 21 heavy (non-hydrogen) atoms. The van der Waals surface area contributed by atoms with Gasteiger partial charge in [0.15, 0.2) is 0 Å². The van der Waals surface area contributed by atoms with Crippen molar-refractivity contribution in [2.75, 3.05) is 18.4 Å². The number of pyridine rings is 1. The molecule has 0 radical (unpaired) electrons. The number of carbonyl (C=O) groups is 1. The summed E-state index contributed by atoms with van der Waals surface area (Å²) in [7, 11) is 0. The van der Waals surface area contributed by atoms with E-state index >= 15 is 0 Å². The average Bonchev–Trinajstić information content (AvgIpc) is 2.55. The first-order valence-corrected chi connectivity index (χ1v) is 7.64. The van der Waals surface area contributed by atoms with Gasteiger partial charge in [0.2, 0.25) is 5.91 Å². The van der Waals surface area contributed by atoms with Crippen LogP contribution in [0.15, 0.2) is 36.5 Å². The van der Waals surface area contributed by atoms with Crippen molar-refractivity contribution in [2.24, 2.45) is 0 Å². The Balaban J connectivity index is 1.76. The van der Waals surface area contributed by atoms with Crippen molar-refractivity contribution in [1.82, 2.24) is 9.88 Å². The van der Waals surface area contributed by atoms with Gasteiger partial charge < -0.3 is 5.32 Å². The molecular weight excluding hydrogens is 262 g/mol. The summed E-state index contributed by atoms with van der Waals surface area (Å²) < 4.78 is 0.